The largest absolute Gasteiger partial charge is 0.325 e. The van der Waals surface area contributed by atoms with Crippen LogP contribution in [-0.2, 0) is 11.3 Å². The Morgan fingerprint density at radius 3 is 2.74 bits per heavy atom. The number of rotatable bonds is 6. The molecule has 0 radical (unpaired) electrons. The first-order chi connectivity index (χ1) is 10.9. The van der Waals surface area contributed by atoms with Crippen LogP contribution in [0.15, 0.2) is 27.8 Å². The SMILES string of the molecule is Cc1cc(NC(=O)CSc2nnc(C)n2CC(C)C)ccc1Br. The zero-order valence-electron chi connectivity index (χ0n) is 13.8. The van der Waals surface area contributed by atoms with Gasteiger partial charge >= 0.3 is 0 Å². The smallest absolute Gasteiger partial charge is 0.234 e. The quantitative estimate of drug-likeness (QED) is 0.748. The number of aryl methyl sites for hydroxylation is 2. The molecular weight excluding hydrogens is 376 g/mol. The number of aromatic nitrogens is 3. The van der Waals surface area contributed by atoms with E-state index in [-0.39, 0.29) is 5.91 Å². The van der Waals surface area contributed by atoms with Gasteiger partial charge in [0.2, 0.25) is 5.91 Å². The number of carbonyl (C=O) groups is 1. The van der Waals surface area contributed by atoms with E-state index in [0.29, 0.717) is 11.7 Å². The van der Waals surface area contributed by atoms with Crippen molar-refractivity contribution in [3.63, 3.8) is 0 Å². The number of nitrogens with one attached hydrogen (secondary N) is 1. The molecule has 0 atom stereocenters. The van der Waals surface area contributed by atoms with E-state index >= 15 is 0 Å². The number of carbonyl (C=O) groups excluding carboxylic acids is 1. The third-order valence-corrected chi connectivity index (χ3v) is 5.08. The van der Waals surface area contributed by atoms with Crippen LogP contribution >= 0.6 is 27.7 Å². The molecule has 5 nitrogen and oxygen atoms in total. The van der Waals surface area contributed by atoms with Gasteiger partial charge in [-0.1, -0.05) is 41.5 Å². The fourth-order valence-corrected chi connectivity index (χ4v) is 3.13. The molecule has 0 saturated carbocycles. The van der Waals surface area contributed by atoms with Crippen molar-refractivity contribution in [2.45, 2.75) is 39.4 Å². The molecule has 0 fully saturated rings. The van der Waals surface area contributed by atoms with Crippen LogP contribution in [0.2, 0.25) is 0 Å². The Balaban J connectivity index is 1.95. The molecule has 1 heterocycles. The highest BCUT2D eigenvalue weighted by Crippen LogP contribution is 2.21. The van der Waals surface area contributed by atoms with E-state index in [4.69, 9.17) is 0 Å². The highest BCUT2D eigenvalue weighted by atomic mass is 79.9. The minimum atomic E-state index is -0.0477. The Labute approximate surface area is 149 Å². The maximum Gasteiger partial charge on any atom is 0.234 e. The summed E-state index contributed by atoms with van der Waals surface area (Å²) < 4.78 is 3.09. The van der Waals surface area contributed by atoms with E-state index in [9.17, 15) is 4.79 Å². The maximum absolute atomic E-state index is 12.1. The molecule has 2 rings (SSSR count). The summed E-state index contributed by atoms with van der Waals surface area (Å²) in [5.74, 6) is 1.65. The van der Waals surface area contributed by atoms with Crippen molar-refractivity contribution in [1.82, 2.24) is 14.8 Å². The van der Waals surface area contributed by atoms with Crippen LogP contribution in [-0.4, -0.2) is 26.4 Å². The number of thioether (sulfide) groups is 1. The van der Waals surface area contributed by atoms with Crippen molar-refractivity contribution in [3.05, 3.63) is 34.1 Å². The van der Waals surface area contributed by atoms with Crippen LogP contribution in [0.3, 0.4) is 0 Å². The Kier molecular flexibility index (Phi) is 6.24. The molecule has 23 heavy (non-hydrogen) atoms. The zero-order valence-corrected chi connectivity index (χ0v) is 16.2. The number of benzene rings is 1. The summed E-state index contributed by atoms with van der Waals surface area (Å²) in [7, 11) is 0. The van der Waals surface area contributed by atoms with E-state index in [2.05, 4.69) is 49.9 Å². The third kappa shape index (κ3) is 5.07. The summed E-state index contributed by atoms with van der Waals surface area (Å²) in [5, 5.41) is 12.0. The summed E-state index contributed by atoms with van der Waals surface area (Å²) in [6, 6.07) is 5.75. The van der Waals surface area contributed by atoms with Crippen LogP contribution in [0.4, 0.5) is 5.69 Å². The molecule has 0 saturated heterocycles. The summed E-state index contributed by atoms with van der Waals surface area (Å²) >= 11 is 4.86. The lowest BCUT2D eigenvalue weighted by Gasteiger charge is -2.11. The Hall–Kier alpha value is -1.34. The molecule has 0 spiro atoms. The van der Waals surface area contributed by atoms with Crippen LogP contribution in [0.1, 0.15) is 25.2 Å². The van der Waals surface area contributed by atoms with Gasteiger partial charge in [-0.05, 0) is 43.5 Å². The number of hydrogen-bond acceptors (Lipinski definition) is 4. The van der Waals surface area contributed by atoms with Crippen molar-refractivity contribution >= 4 is 39.3 Å². The molecule has 7 heteroatoms. The number of amides is 1. The Morgan fingerprint density at radius 1 is 1.35 bits per heavy atom. The summed E-state index contributed by atoms with van der Waals surface area (Å²) in [6.45, 7) is 9.08. The molecule has 0 aliphatic rings. The van der Waals surface area contributed by atoms with Crippen molar-refractivity contribution in [2.24, 2.45) is 5.92 Å². The first-order valence-electron chi connectivity index (χ1n) is 7.45. The van der Waals surface area contributed by atoms with E-state index in [1.807, 2.05) is 32.0 Å². The molecule has 0 aliphatic heterocycles. The minimum Gasteiger partial charge on any atom is -0.325 e. The first kappa shape index (κ1) is 18.0. The lowest BCUT2D eigenvalue weighted by Crippen LogP contribution is -2.15. The van der Waals surface area contributed by atoms with Gasteiger partial charge in [-0.3, -0.25) is 4.79 Å². The maximum atomic E-state index is 12.1. The summed E-state index contributed by atoms with van der Waals surface area (Å²) in [4.78, 5) is 12.1. The van der Waals surface area contributed by atoms with Gasteiger partial charge in [-0.15, -0.1) is 10.2 Å². The van der Waals surface area contributed by atoms with Gasteiger partial charge < -0.3 is 9.88 Å². The highest BCUT2D eigenvalue weighted by molar-refractivity contribution is 9.10. The Morgan fingerprint density at radius 2 is 2.09 bits per heavy atom. The van der Waals surface area contributed by atoms with Gasteiger partial charge in [0.05, 0.1) is 5.75 Å². The zero-order chi connectivity index (χ0) is 17.0. The molecule has 1 N–H and O–H groups in total. The third-order valence-electron chi connectivity index (χ3n) is 3.22. The van der Waals surface area contributed by atoms with Crippen LogP contribution in [0, 0.1) is 19.8 Å². The molecular formula is C16H21BrN4OS. The van der Waals surface area contributed by atoms with Crippen LogP contribution in [0.5, 0.6) is 0 Å². The van der Waals surface area contributed by atoms with Gasteiger partial charge in [-0.25, -0.2) is 0 Å². The predicted octanol–water partition coefficient (Wildman–Crippen LogP) is 4.04. The number of halogens is 1. The van der Waals surface area contributed by atoms with Gasteiger partial charge in [-0.2, -0.15) is 0 Å². The lowest BCUT2D eigenvalue weighted by molar-refractivity contribution is -0.113. The predicted molar refractivity (Wildman–Crippen MR) is 97.8 cm³/mol. The highest BCUT2D eigenvalue weighted by Gasteiger charge is 2.13. The van der Waals surface area contributed by atoms with Crippen molar-refractivity contribution < 1.29 is 4.79 Å². The van der Waals surface area contributed by atoms with Gasteiger partial charge in [0.15, 0.2) is 5.16 Å². The molecule has 1 aromatic heterocycles. The topological polar surface area (TPSA) is 59.8 Å². The minimum absolute atomic E-state index is 0.0477. The average Bonchev–Trinajstić information content (AvgIpc) is 2.81. The number of hydrogen-bond donors (Lipinski definition) is 1. The van der Waals surface area contributed by atoms with Gasteiger partial charge in [0.1, 0.15) is 5.82 Å². The molecule has 2 aromatic rings. The monoisotopic (exact) mass is 396 g/mol. The van der Waals surface area contributed by atoms with Crippen LogP contribution in [0.25, 0.3) is 0 Å². The van der Waals surface area contributed by atoms with Gasteiger partial charge in [0.25, 0.3) is 0 Å². The number of nitrogens with zero attached hydrogens (tertiary/aromatic N) is 3. The Bertz CT molecular complexity index is 699. The van der Waals surface area contributed by atoms with E-state index in [0.717, 1.165) is 33.2 Å². The standard InChI is InChI=1S/C16H21BrN4OS/c1-10(2)8-21-12(4)19-20-16(21)23-9-15(22)18-13-5-6-14(17)11(3)7-13/h5-7,10H,8-9H2,1-4H3,(H,18,22). The average molecular weight is 397 g/mol. The molecule has 0 aliphatic carbocycles. The van der Waals surface area contributed by atoms with E-state index < -0.39 is 0 Å². The van der Waals surface area contributed by atoms with Crippen molar-refractivity contribution in [3.8, 4) is 0 Å². The van der Waals surface area contributed by atoms with Crippen molar-refractivity contribution in [1.29, 1.82) is 0 Å². The summed E-state index contributed by atoms with van der Waals surface area (Å²) in [5.41, 5.74) is 1.89. The van der Waals surface area contributed by atoms with E-state index in [1.54, 1.807) is 0 Å². The second-order valence-electron chi connectivity index (χ2n) is 5.84. The lowest BCUT2D eigenvalue weighted by atomic mass is 10.2. The molecule has 124 valence electrons. The summed E-state index contributed by atoms with van der Waals surface area (Å²) in [6.07, 6.45) is 0. The number of anilines is 1. The molecule has 0 unspecified atom stereocenters. The fourth-order valence-electron chi connectivity index (χ4n) is 2.09. The molecule has 0 bridgehead atoms. The van der Waals surface area contributed by atoms with Gasteiger partial charge in [0, 0.05) is 16.7 Å². The van der Waals surface area contributed by atoms with Crippen molar-refractivity contribution in [2.75, 3.05) is 11.1 Å². The second kappa shape index (κ2) is 7.97. The molecule has 1 amide bonds. The normalized spacial score (nSPS) is 11.0. The fraction of sp³-hybridized carbons (Fsp3) is 0.438. The molecule has 1 aromatic carbocycles. The van der Waals surface area contributed by atoms with E-state index in [1.165, 1.54) is 11.8 Å². The second-order valence-corrected chi connectivity index (χ2v) is 7.63. The van der Waals surface area contributed by atoms with Crippen LogP contribution < -0.4 is 5.32 Å². The first-order valence-corrected chi connectivity index (χ1v) is 9.23.